The standard InChI is InChI=1S/C28H35N3O3S/c1-4-5-6-13-23-24-14-8-15-25(31(3,34)20-32)28(24)35-26(23)16-17-27(33)30-21(2)10-7-11-22-12-9-18-29-19-22/h8-9,12,14-21,34H,4-7,10-11,13H2,1-3H3/p+1/b17-16+/t21?,31-/m0/s1. The summed E-state index contributed by atoms with van der Waals surface area (Å²) in [6.07, 6.45) is 14.6. The molecule has 3 aromatic rings. The van der Waals surface area contributed by atoms with Crippen LogP contribution in [0, 0.1) is 0 Å². The highest BCUT2D eigenvalue weighted by Crippen LogP contribution is 2.40. The number of fused-ring (bicyclic) bond motifs is 1. The predicted molar refractivity (Wildman–Crippen MR) is 144 cm³/mol. The average molecular weight is 495 g/mol. The number of pyridine rings is 1. The zero-order valence-corrected chi connectivity index (χ0v) is 21.7. The van der Waals surface area contributed by atoms with E-state index in [0.29, 0.717) is 12.1 Å². The molecule has 2 N–H and O–H groups in total. The molecule has 2 amide bonds. The first-order valence-electron chi connectivity index (χ1n) is 12.3. The summed E-state index contributed by atoms with van der Waals surface area (Å²) in [6, 6.07) is 9.76. The van der Waals surface area contributed by atoms with Crippen LogP contribution in [0.4, 0.5) is 5.69 Å². The number of rotatable bonds is 13. The number of carbonyl (C=O) groups is 2. The van der Waals surface area contributed by atoms with Crippen LogP contribution < -0.4 is 9.96 Å². The molecule has 1 unspecified atom stereocenters. The number of unbranched alkanes of at least 4 members (excludes halogenated alkanes) is 2. The smallest absolute Gasteiger partial charge is 0.338 e. The number of thiophene rings is 1. The number of benzene rings is 1. The molecule has 6 nitrogen and oxygen atoms in total. The fraction of sp³-hybridized carbons (Fsp3) is 0.393. The summed E-state index contributed by atoms with van der Waals surface area (Å²) in [4.78, 5) is 29.3. The van der Waals surface area contributed by atoms with E-state index in [4.69, 9.17) is 0 Å². The van der Waals surface area contributed by atoms with E-state index in [-0.39, 0.29) is 11.9 Å². The second-order valence-corrected chi connectivity index (χ2v) is 10.2. The predicted octanol–water partition coefficient (Wildman–Crippen LogP) is 6.05. The molecule has 0 bridgehead atoms. The molecule has 0 radical (unpaired) electrons. The molecule has 186 valence electrons. The molecule has 3 rings (SSSR count). The van der Waals surface area contributed by atoms with Gasteiger partial charge < -0.3 is 5.32 Å². The maximum absolute atomic E-state index is 12.6. The summed E-state index contributed by atoms with van der Waals surface area (Å²) in [5, 5.41) is 14.7. The minimum Gasteiger partial charge on any atom is -0.350 e. The fourth-order valence-corrected chi connectivity index (χ4v) is 5.55. The quantitative estimate of drug-likeness (QED) is 0.0757. The van der Waals surface area contributed by atoms with Crippen LogP contribution in [0.3, 0.4) is 0 Å². The summed E-state index contributed by atoms with van der Waals surface area (Å²) in [5.74, 6) is -0.119. The lowest BCUT2D eigenvalue weighted by molar-refractivity contribution is -0.140. The Morgan fingerprint density at radius 1 is 1.20 bits per heavy atom. The van der Waals surface area contributed by atoms with Crippen molar-refractivity contribution in [2.75, 3.05) is 7.05 Å². The first-order chi connectivity index (χ1) is 16.9. The van der Waals surface area contributed by atoms with Crippen LogP contribution in [0.15, 0.2) is 48.8 Å². The van der Waals surface area contributed by atoms with Crippen LogP contribution in [-0.2, 0) is 22.4 Å². The van der Waals surface area contributed by atoms with Crippen LogP contribution >= 0.6 is 11.3 Å². The number of hydrogen-bond donors (Lipinski definition) is 2. The highest BCUT2D eigenvalue weighted by atomic mass is 32.1. The second-order valence-electron chi connectivity index (χ2n) is 9.18. The third-order valence-corrected chi connectivity index (χ3v) is 7.39. The van der Waals surface area contributed by atoms with Crippen molar-refractivity contribution in [3.63, 3.8) is 0 Å². The lowest BCUT2D eigenvalue weighted by Gasteiger charge is -2.16. The van der Waals surface area contributed by atoms with E-state index < -0.39 is 4.65 Å². The van der Waals surface area contributed by atoms with Crippen molar-refractivity contribution in [3.05, 3.63) is 64.8 Å². The first kappa shape index (κ1) is 26.7. The van der Waals surface area contributed by atoms with Crippen LogP contribution in [0.1, 0.15) is 62.0 Å². The molecule has 0 fully saturated rings. The minimum atomic E-state index is -0.827. The van der Waals surface area contributed by atoms with Crippen molar-refractivity contribution < 1.29 is 14.8 Å². The molecule has 2 heterocycles. The third-order valence-electron chi connectivity index (χ3n) is 6.15. The Bertz CT molecular complexity index is 1150. The van der Waals surface area contributed by atoms with Crippen molar-refractivity contribution in [1.82, 2.24) is 14.9 Å². The molecule has 0 spiro atoms. The Morgan fingerprint density at radius 2 is 2.03 bits per heavy atom. The highest BCUT2D eigenvalue weighted by Gasteiger charge is 2.27. The zero-order chi connectivity index (χ0) is 25.3. The Morgan fingerprint density at radius 3 is 2.74 bits per heavy atom. The third kappa shape index (κ3) is 7.31. The van der Waals surface area contributed by atoms with E-state index in [9.17, 15) is 14.8 Å². The normalized spacial score (nSPS) is 14.2. The summed E-state index contributed by atoms with van der Waals surface area (Å²) in [5.41, 5.74) is 2.92. The van der Waals surface area contributed by atoms with Gasteiger partial charge >= 0.3 is 6.41 Å². The van der Waals surface area contributed by atoms with Gasteiger partial charge in [-0.15, -0.1) is 11.3 Å². The number of carbonyl (C=O) groups excluding carboxylic acids is 2. The number of aromatic nitrogens is 1. The number of quaternary nitrogens is 1. The van der Waals surface area contributed by atoms with Gasteiger partial charge in [-0.3, -0.25) is 9.78 Å². The van der Waals surface area contributed by atoms with Gasteiger partial charge in [0.2, 0.25) is 5.91 Å². The molecule has 0 saturated heterocycles. The Hall–Kier alpha value is -2.87. The van der Waals surface area contributed by atoms with E-state index in [1.54, 1.807) is 18.3 Å². The van der Waals surface area contributed by atoms with E-state index in [0.717, 1.165) is 59.9 Å². The lowest BCUT2D eigenvalue weighted by atomic mass is 10.0. The summed E-state index contributed by atoms with van der Waals surface area (Å²) >= 11 is 1.52. The van der Waals surface area contributed by atoms with Crippen LogP contribution in [0.2, 0.25) is 0 Å². The van der Waals surface area contributed by atoms with Crippen LogP contribution in [0.5, 0.6) is 0 Å². The number of nitrogens with zero attached hydrogens (tertiary/aromatic N) is 2. The monoisotopic (exact) mass is 494 g/mol. The largest absolute Gasteiger partial charge is 0.350 e. The van der Waals surface area contributed by atoms with Gasteiger partial charge in [0, 0.05) is 40.8 Å². The Labute approximate surface area is 211 Å². The van der Waals surface area contributed by atoms with Gasteiger partial charge in [0.15, 0.2) is 5.69 Å². The molecule has 2 atom stereocenters. The summed E-state index contributed by atoms with van der Waals surface area (Å²) in [6.45, 7) is 4.20. The van der Waals surface area contributed by atoms with E-state index in [1.165, 1.54) is 29.5 Å². The molecular weight excluding hydrogens is 458 g/mol. The van der Waals surface area contributed by atoms with Crippen LogP contribution in [0.25, 0.3) is 16.2 Å². The number of nitrogens with one attached hydrogen (secondary N) is 1. The van der Waals surface area contributed by atoms with Gasteiger partial charge in [-0.05, 0) is 62.3 Å². The second kappa shape index (κ2) is 12.7. The fourth-order valence-electron chi connectivity index (χ4n) is 4.20. The SMILES string of the molecule is CCCCCc1c(/C=C/C(=O)NC(C)CCCc2cccnc2)sc2c([N@@+](C)(O)C=O)cccc12. The Kier molecular flexibility index (Phi) is 9.72. The summed E-state index contributed by atoms with van der Waals surface area (Å²) in [7, 11) is 1.46. The van der Waals surface area contributed by atoms with E-state index in [1.807, 2.05) is 37.4 Å². The number of hydrogen-bond acceptors (Lipinski definition) is 5. The van der Waals surface area contributed by atoms with Gasteiger partial charge in [0.1, 0.15) is 7.05 Å². The van der Waals surface area contributed by atoms with Gasteiger partial charge in [0.05, 0.1) is 4.70 Å². The minimum absolute atomic E-state index is 0.0712. The molecule has 7 heteroatoms. The maximum atomic E-state index is 12.6. The van der Waals surface area contributed by atoms with Gasteiger partial charge in [-0.1, -0.05) is 42.6 Å². The lowest BCUT2D eigenvalue weighted by Crippen LogP contribution is -2.39. The molecule has 0 aliphatic carbocycles. The zero-order valence-electron chi connectivity index (χ0n) is 20.9. The van der Waals surface area contributed by atoms with Crippen molar-refractivity contribution in [3.8, 4) is 0 Å². The van der Waals surface area contributed by atoms with Crippen molar-refractivity contribution in [2.24, 2.45) is 0 Å². The number of hydroxylamine groups is 2. The van der Waals surface area contributed by atoms with Crippen molar-refractivity contribution >= 4 is 45.5 Å². The van der Waals surface area contributed by atoms with Gasteiger partial charge in [-0.25, -0.2) is 10.0 Å². The van der Waals surface area contributed by atoms with Crippen molar-refractivity contribution in [2.45, 2.75) is 64.8 Å². The molecule has 0 aliphatic heterocycles. The molecule has 2 aromatic heterocycles. The molecular formula is C28H36N3O3S+. The maximum Gasteiger partial charge on any atom is 0.338 e. The molecule has 35 heavy (non-hydrogen) atoms. The van der Waals surface area contributed by atoms with E-state index in [2.05, 4.69) is 23.3 Å². The molecule has 0 aliphatic rings. The topological polar surface area (TPSA) is 79.3 Å². The van der Waals surface area contributed by atoms with Crippen molar-refractivity contribution in [1.29, 1.82) is 0 Å². The number of aryl methyl sites for hydroxylation is 2. The molecule has 0 saturated carbocycles. The van der Waals surface area contributed by atoms with Crippen LogP contribution in [-0.4, -0.2) is 35.6 Å². The number of amides is 2. The average Bonchev–Trinajstić information content (AvgIpc) is 3.21. The highest BCUT2D eigenvalue weighted by molar-refractivity contribution is 7.20. The Balaban J connectivity index is 1.72. The van der Waals surface area contributed by atoms with Gasteiger partial charge in [-0.2, -0.15) is 0 Å². The molecule has 1 aromatic carbocycles. The summed E-state index contributed by atoms with van der Waals surface area (Å²) < 4.78 is 0.0480. The van der Waals surface area contributed by atoms with Gasteiger partial charge in [0.25, 0.3) is 0 Å². The first-order valence-corrected chi connectivity index (χ1v) is 13.1. The van der Waals surface area contributed by atoms with E-state index >= 15 is 0 Å².